The van der Waals surface area contributed by atoms with Gasteiger partial charge in [-0.05, 0) is 70.6 Å². The summed E-state index contributed by atoms with van der Waals surface area (Å²) in [6.45, 7) is 7.02. The number of rotatable bonds is 2. The van der Waals surface area contributed by atoms with Crippen molar-refractivity contribution < 1.29 is 9.53 Å². The molecule has 0 atom stereocenters. The molecule has 1 fully saturated rings. The largest absolute Gasteiger partial charge is 0.442 e. The zero-order chi connectivity index (χ0) is 21.6. The van der Waals surface area contributed by atoms with Crippen LogP contribution in [0.1, 0.15) is 50.5 Å². The first kappa shape index (κ1) is 20.2. The highest BCUT2D eigenvalue weighted by atomic mass is 32.1. The first-order chi connectivity index (χ1) is 14.9. The van der Waals surface area contributed by atoms with Crippen molar-refractivity contribution in [3.8, 4) is 11.4 Å². The van der Waals surface area contributed by atoms with E-state index in [1.807, 2.05) is 37.9 Å². The number of carbonyl (C=O) groups is 1. The van der Waals surface area contributed by atoms with Gasteiger partial charge in [0.05, 0.1) is 5.39 Å². The SMILES string of the molecule is CC(C)(C)OC(=O)N1CCCN1c1nc(-c2cccnc2)nc2sc3c(c12)CCCC3. The number of anilines is 1. The van der Waals surface area contributed by atoms with Crippen LogP contribution in [0, 0.1) is 0 Å². The molecule has 1 aliphatic heterocycles. The summed E-state index contributed by atoms with van der Waals surface area (Å²) in [5.74, 6) is 1.46. The second-order valence-corrected chi connectivity index (χ2v) is 10.2. The molecule has 0 aromatic carbocycles. The number of hydrogen-bond donors (Lipinski definition) is 0. The lowest BCUT2D eigenvalue weighted by Gasteiger charge is -2.31. The van der Waals surface area contributed by atoms with Crippen LogP contribution in [0.25, 0.3) is 21.6 Å². The summed E-state index contributed by atoms with van der Waals surface area (Å²) < 4.78 is 5.69. The van der Waals surface area contributed by atoms with Gasteiger partial charge in [-0.2, -0.15) is 0 Å². The highest BCUT2D eigenvalue weighted by Crippen LogP contribution is 2.41. The number of thiophene rings is 1. The van der Waals surface area contributed by atoms with Gasteiger partial charge < -0.3 is 4.74 Å². The molecule has 0 bridgehead atoms. The molecule has 1 saturated heterocycles. The second kappa shape index (κ2) is 7.75. The average Bonchev–Trinajstić information content (AvgIpc) is 3.37. The van der Waals surface area contributed by atoms with Crippen molar-refractivity contribution in [3.05, 3.63) is 35.0 Å². The second-order valence-electron chi connectivity index (χ2n) is 9.08. The van der Waals surface area contributed by atoms with E-state index >= 15 is 0 Å². The molecule has 162 valence electrons. The van der Waals surface area contributed by atoms with Crippen LogP contribution in [0.5, 0.6) is 0 Å². The Morgan fingerprint density at radius 3 is 2.74 bits per heavy atom. The Kier molecular flexibility index (Phi) is 5.04. The van der Waals surface area contributed by atoms with Crippen molar-refractivity contribution in [2.45, 2.75) is 58.5 Å². The topological polar surface area (TPSA) is 71.5 Å². The van der Waals surface area contributed by atoms with Crippen molar-refractivity contribution in [3.63, 3.8) is 0 Å². The molecule has 2 aliphatic rings. The predicted molar refractivity (Wildman–Crippen MR) is 122 cm³/mol. The van der Waals surface area contributed by atoms with Gasteiger partial charge in [-0.15, -0.1) is 11.3 Å². The number of amides is 1. The van der Waals surface area contributed by atoms with Gasteiger partial charge in [-0.3, -0.25) is 9.99 Å². The minimum atomic E-state index is -0.547. The van der Waals surface area contributed by atoms with E-state index in [-0.39, 0.29) is 6.09 Å². The van der Waals surface area contributed by atoms with Crippen molar-refractivity contribution in [2.24, 2.45) is 0 Å². The summed E-state index contributed by atoms with van der Waals surface area (Å²) in [5.41, 5.74) is 1.68. The Balaban J connectivity index is 1.65. The Labute approximate surface area is 186 Å². The molecule has 3 aromatic rings. The molecule has 1 aliphatic carbocycles. The molecule has 0 saturated carbocycles. The lowest BCUT2D eigenvalue weighted by Crippen LogP contribution is -2.44. The van der Waals surface area contributed by atoms with Crippen LogP contribution in [0.2, 0.25) is 0 Å². The Hall–Kier alpha value is -2.74. The molecular formula is C23H27N5O2S. The standard InChI is InChI=1S/C23H27N5O2S/c1-23(2,3)30-22(29)28-13-7-12-27(28)20-18-16-9-4-5-10-17(16)31-21(18)26-19(25-20)15-8-6-11-24-14-15/h6,8,11,14H,4-5,7,9-10,12-13H2,1-3H3. The van der Waals surface area contributed by atoms with Gasteiger partial charge in [-0.25, -0.2) is 19.8 Å². The number of nitrogens with zero attached hydrogens (tertiary/aromatic N) is 5. The van der Waals surface area contributed by atoms with Gasteiger partial charge in [-0.1, -0.05) is 0 Å². The monoisotopic (exact) mass is 437 g/mol. The van der Waals surface area contributed by atoms with Gasteiger partial charge >= 0.3 is 6.09 Å². The minimum absolute atomic E-state index is 0.330. The van der Waals surface area contributed by atoms with E-state index in [0.717, 1.165) is 47.4 Å². The van der Waals surface area contributed by atoms with E-state index in [9.17, 15) is 4.79 Å². The highest BCUT2D eigenvalue weighted by Gasteiger charge is 2.34. The van der Waals surface area contributed by atoms with Crippen LogP contribution in [-0.2, 0) is 17.6 Å². The summed E-state index contributed by atoms with van der Waals surface area (Å²) >= 11 is 1.77. The third kappa shape index (κ3) is 3.84. The predicted octanol–water partition coefficient (Wildman–Crippen LogP) is 4.99. The van der Waals surface area contributed by atoms with Crippen LogP contribution >= 0.6 is 11.3 Å². The number of fused-ring (bicyclic) bond motifs is 3. The van der Waals surface area contributed by atoms with Crippen LogP contribution in [-0.4, -0.2) is 44.7 Å². The number of hydrazine groups is 1. The molecule has 31 heavy (non-hydrogen) atoms. The molecule has 0 radical (unpaired) electrons. The number of hydrogen-bond acceptors (Lipinski definition) is 7. The summed E-state index contributed by atoms with van der Waals surface area (Å²) in [6, 6.07) is 3.87. The minimum Gasteiger partial charge on any atom is -0.442 e. The molecule has 5 rings (SSSR count). The fourth-order valence-corrected chi connectivity index (χ4v) is 5.54. The van der Waals surface area contributed by atoms with Gasteiger partial charge in [0.2, 0.25) is 0 Å². The molecule has 0 N–H and O–H groups in total. The fourth-order valence-electron chi connectivity index (χ4n) is 4.29. The van der Waals surface area contributed by atoms with Crippen molar-refractivity contribution in [1.29, 1.82) is 0 Å². The Bertz CT molecular complexity index is 1120. The average molecular weight is 438 g/mol. The summed E-state index contributed by atoms with van der Waals surface area (Å²) in [6.07, 6.45) is 8.60. The third-order valence-corrected chi connectivity index (χ3v) is 6.78. The number of carbonyl (C=O) groups excluding carboxylic acids is 1. The molecule has 1 amide bonds. The Morgan fingerprint density at radius 1 is 1.13 bits per heavy atom. The van der Waals surface area contributed by atoms with Gasteiger partial charge in [0.15, 0.2) is 11.6 Å². The zero-order valence-electron chi connectivity index (χ0n) is 18.2. The quantitative estimate of drug-likeness (QED) is 0.562. The zero-order valence-corrected chi connectivity index (χ0v) is 19.0. The fraction of sp³-hybridized carbons (Fsp3) is 0.478. The molecule has 7 nitrogen and oxygen atoms in total. The molecule has 8 heteroatoms. The molecule has 4 heterocycles. The van der Waals surface area contributed by atoms with Crippen molar-refractivity contribution in [2.75, 3.05) is 18.1 Å². The van der Waals surface area contributed by atoms with Crippen molar-refractivity contribution >= 4 is 33.5 Å². The first-order valence-electron chi connectivity index (χ1n) is 10.9. The smallest absolute Gasteiger partial charge is 0.429 e. The number of aromatic nitrogens is 3. The molecular weight excluding hydrogens is 410 g/mol. The van der Waals surface area contributed by atoms with E-state index in [1.165, 1.54) is 23.3 Å². The van der Waals surface area contributed by atoms with Crippen LogP contribution in [0.15, 0.2) is 24.5 Å². The van der Waals surface area contributed by atoms with E-state index in [0.29, 0.717) is 12.4 Å². The number of ether oxygens (including phenoxy) is 1. The number of pyridine rings is 1. The maximum atomic E-state index is 13.0. The van der Waals surface area contributed by atoms with E-state index in [2.05, 4.69) is 4.98 Å². The van der Waals surface area contributed by atoms with Crippen LogP contribution < -0.4 is 5.01 Å². The maximum absolute atomic E-state index is 13.0. The van der Waals surface area contributed by atoms with Gasteiger partial charge in [0.25, 0.3) is 0 Å². The van der Waals surface area contributed by atoms with Crippen LogP contribution in [0.3, 0.4) is 0 Å². The maximum Gasteiger partial charge on any atom is 0.429 e. The molecule has 3 aromatic heterocycles. The normalized spacial score (nSPS) is 16.6. The first-order valence-corrected chi connectivity index (χ1v) is 11.7. The summed E-state index contributed by atoms with van der Waals surface area (Å²) in [7, 11) is 0. The van der Waals surface area contributed by atoms with Gasteiger partial charge in [0, 0.05) is 35.9 Å². The molecule has 0 spiro atoms. The van der Waals surface area contributed by atoms with E-state index in [4.69, 9.17) is 14.7 Å². The van der Waals surface area contributed by atoms with Gasteiger partial charge in [0.1, 0.15) is 10.4 Å². The molecule has 0 unspecified atom stereocenters. The summed E-state index contributed by atoms with van der Waals surface area (Å²) in [4.78, 5) is 29.5. The Morgan fingerprint density at radius 2 is 1.97 bits per heavy atom. The van der Waals surface area contributed by atoms with E-state index < -0.39 is 5.60 Å². The number of aryl methyl sites for hydroxylation is 2. The third-order valence-electron chi connectivity index (χ3n) is 5.60. The lowest BCUT2D eigenvalue weighted by molar-refractivity contribution is 0.0273. The van der Waals surface area contributed by atoms with Crippen molar-refractivity contribution in [1.82, 2.24) is 20.0 Å². The van der Waals surface area contributed by atoms with E-state index in [1.54, 1.807) is 28.7 Å². The highest BCUT2D eigenvalue weighted by molar-refractivity contribution is 7.19. The summed E-state index contributed by atoms with van der Waals surface area (Å²) in [5, 5.41) is 4.80. The lowest BCUT2D eigenvalue weighted by atomic mass is 9.97. The van der Waals surface area contributed by atoms with Crippen LogP contribution in [0.4, 0.5) is 10.6 Å².